The first-order chi connectivity index (χ1) is 6.77. The van der Waals surface area contributed by atoms with Crippen molar-refractivity contribution in [2.24, 2.45) is 0 Å². The van der Waals surface area contributed by atoms with E-state index in [2.05, 4.69) is 17.2 Å². The van der Waals surface area contributed by atoms with E-state index in [0.29, 0.717) is 0 Å². The van der Waals surface area contributed by atoms with E-state index in [9.17, 15) is 0 Å². The molecule has 0 radical (unpaired) electrons. The molecule has 0 aliphatic heterocycles. The SMILES string of the molecule is CCC(CO)NCc1ncccc1C. The highest BCUT2D eigenvalue weighted by Gasteiger charge is 2.04. The van der Waals surface area contributed by atoms with Crippen LogP contribution >= 0.6 is 0 Å². The van der Waals surface area contributed by atoms with Crippen molar-refractivity contribution in [1.29, 1.82) is 0 Å². The van der Waals surface area contributed by atoms with E-state index in [1.165, 1.54) is 5.56 Å². The maximum atomic E-state index is 8.99. The molecule has 0 fully saturated rings. The molecular weight excluding hydrogens is 176 g/mol. The van der Waals surface area contributed by atoms with Crippen molar-refractivity contribution in [3.8, 4) is 0 Å². The predicted molar refractivity (Wildman–Crippen MR) is 57.0 cm³/mol. The number of aromatic nitrogens is 1. The smallest absolute Gasteiger partial charge is 0.0584 e. The molecule has 1 aromatic heterocycles. The normalized spacial score (nSPS) is 12.8. The average Bonchev–Trinajstić information content (AvgIpc) is 2.22. The fourth-order valence-electron chi connectivity index (χ4n) is 1.28. The summed E-state index contributed by atoms with van der Waals surface area (Å²) in [4.78, 5) is 4.27. The number of nitrogens with zero attached hydrogens (tertiary/aromatic N) is 1. The summed E-state index contributed by atoms with van der Waals surface area (Å²) in [5, 5.41) is 12.3. The van der Waals surface area contributed by atoms with Gasteiger partial charge in [-0.25, -0.2) is 0 Å². The summed E-state index contributed by atoms with van der Waals surface area (Å²) in [7, 11) is 0. The second-order valence-electron chi connectivity index (χ2n) is 3.44. The molecule has 0 spiro atoms. The summed E-state index contributed by atoms with van der Waals surface area (Å²) in [5.41, 5.74) is 2.24. The van der Waals surface area contributed by atoms with Gasteiger partial charge in [0.15, 0.2) is 0 Å². The molecule has 0 bridgehead atoms. The highest BCUT2D eigenvalue weighted by Crippen LogP contribution is 2.03. The molecule has 0 amide bonds. The van der Waals surface area contributed by atoms with Crippen molar-refractivity contribution in [1.82, 2.24) is 10.3 Å². The first kappa shape index (κ1) is 11.1. The van der Waals surface area contributed by atoms with E-state index in [1.807, 2.05) is 19.1 Å². The van der Waals surface area contributed by atoms with E-state index in [4.69, 9.17) is 5.11 Å². The van der Waals surface area contributed by atoms with Gasteiger partial charge in [0.25, 0.3) is 0 Å². The van der Waals surface area contributed by atoms with E-state index in [0.717, 1.165) is 18.7 Å². The van der Waals surface area contributed by atoms with Crippen LogP contribution in [-0.4, -0.2) is 22.7 Å². The van der Waals surface area contributed by atoms with Crippen LogP contribution in [0.3, 0.4) is 0 Å². The van der Waals surface area contributed by atoms with Gasteiger partial charge in [0.05, 0.1) is 12.3 Å². The summed E-state index contributed by atoms with van der Waals surface area (Å²) in [6.07, 6.45) is 2.73. The number of hydrogen-bond acceptors (Lipinski definition) is 3. The van der Waals surface area contributed by atoms with Crippen LogP contribution in [-0.2, 0) is 6.54 Å². The van der Waals surface area contributed by atoms with Gasteiger partial charge in [0, 0.05) is 18.8 Å². The molecule has 1 rings (SSSR count). The van der Waals surface area contributed by atoms with Crippen molar-refractivity contribution in [3.63, 3.8) is 0 Å². The minimum absolute atomic E-state index is 0.177. The lowest BCUT2D eigenvalue weighted by atomic mass is 10.2. The van der Waals surface area contributed by atoms with Crippen molar-refractivity contribution < 1.29 is 5.11 Å². The highest BCUT2D eigenvalue weighted by molar-refractivity contribution is 5.17. The molecule has 78 valence electrons. The van der Waals surface area contributed by atoms with Crippen molar-refractivity contribution in [2.45, 2.75) is 32.9 Å². The summed E-state index contributed by atoms with van der Waals surface area (Å²) >= 11 is 0. The molecular formula is C11H18N2O. The summed E-state index contributed by atoms with van der Waals surface area (Å²) in [6, 6.07) is 4.16. The first-order valence-electron chi connectivity index (χ1n) is 5.02. The van der Waals surface area contributed by atoms with Crippen LogP contribution < -0.4 is 5.32 Å². The molecule has 3 nitrogen and oxygen atoms in total. The van der Waals surface area contributed by atoms with Crippen molar-refractivity contribution >= 4 is 0 Å². The predicted octanol–water partition coefficient (Wildman–Crippen LogP) is 1.25. The van der Waals surface area contributed by atoms with Crippen LogP contribution in [0.15, 0.2) is 18.3 Å². The highest BCUT2D eigenvalue weighted by atomic mass is 16.3. The maximum absolute atomic E-state index is 8.99. The average molecular weight is 194 g/mol. The quantitative estimate of drug-likeness (QED) is 0.741. The van der Waals surface area contributed by atoms with Gasteiger partial charge < -0.3 is 10.4 Å². The standard InChI is InChI=1S/C11H18N2O/c1-3-10(8-14)13-7-11-9(2)5-4-6-12-11/h4-6,10,13-14H,3,7-8H2,1-2H3. The molecule has 0 aliphatic carbocycles. The minimum atomic E-state index is 0.177. The number of aliphatic hydroxyl groups excluding tert-OH is 1. The molecule has 1 heterocycles. The topological polar surface area (TPSA) is 45.1 Å². The Morgan fingerprint density at radius 2 is 2.36 bits per heavy atom. The zero-order valence-corrected chi connectivity index (χ0v) is 8.83. The van der Waals surface area contributed by atoms with Crippen LogP contribution in [0, 0.1) is 6.92 Å². The Labute approximate surface area is 85.2 Å². The Bertz CT molecular complexity index is 272. The fraction of sp³-hybridized carbons (Fsp3) is 0.545. The number of aryl methyl sites for hydroxylation is 1. The van der Waals surface area contributed by atoms with Crippen molar-refractivity contribution in [2.75, 3.05) is 6.61 Å². The lowest BCUT2D eigenvalue weighted by Crippen LogP contribution is -2.31. The Kier molecular flexibility index (Phi) is 4.56. The van der Waals surface area contributed by atoms with Crippen LogP contribution in [0.25, 0.3) is 0 Å². The first-order valence-corrected chi connectivity index (χ1v) is 5.02. The molecule has 0 saturated heterocycles. The molecule has 0 saturated carbocycles. The Hall–Kier alpha value is -0.930. The number of pyridine rings is 1. The number of nitrogens with one attached hydrogen (secondary N) is 1. The zero-order valence-electron chi connectivity index (χ0n) is 8.83. The lowest BCUT2D eigenvalue weighted by molar-refractivity contribution is 0.238. The van der Waals surface area contributed by atoms with Gasteiger partial charge in [-0.05, 0) is 25.0 Å². The molecule has 0 aliphatic rings. The van der Waals surface area contributed by atoms with Crippen LogP contribution in [0.2, 0.25) is 0 Å². The molecule has 1 aromatic rings. The fourth-order valence-corrected chi connectivity index (χ4v) is 1.28. The molecule has 14 heavy (non-hydrogen) atoms. The number of aliphatic hydroxyl groups is 1. The molecule has 3 heteroatoms. The van der Waals surface area contributed by atoms with Crippen LogP contribution in [0.1, 0.15) is 24.6 Å². The maximum Gasteiger partial charge on any atom is 0.0584 e. The lowest BCUT2D eigenvalue weighted by Gasteiger charge is -2.14. The Balaban J connectivity index is 2.49. The van der Waals surface area contributed by atoms with Crippen LogP contribution in [0.5, 0.6) is 0 Å². The second-order valence-corrected chi connectivity index (χ2v) is 3.44. The van der Waals surface area contributed by atoms with E-state index < -0.39 is 0 Å². The Morgan fingerprint density at radius 1 is 1.57 bits per heavy atom. The number of hydrogen-bond donors (Lipinski definition) is 2. The van der Waals surface area contributed by atoms with E-state index in [1.54, 1.807) is 6.20 Å². The monoisotopic (exact) mass is 194 g/mol. The van der Waals surface area contributed by atoms with Gasteiger partial charge in [-0.3, -0.25) is 4.98 Å². The van der Waals surface area contributed by atoms with E-state index in [-0.39, 0.29) is 12.6 Å². The van der Waals surface area contributed by atoms with Crippen LogP contribution in [0.4, 0.5) is 0 Å². The van der Waals surface area contributed by atoms with Crippen molar-refractivity contribution in [3.05, 3.63) is 29.6 Å². The molecule has 1 atom stereocenters. The molecule has 0 aromatic carbocycles. The Morgan fingerprint density at radius 3 is 2.93 bits per heavy atom. The largest absolute Gasteiger partial charge is 0.395 e. The van der Waals surface area contributed by atoms with Gasteiger partial charge in [0.2, 0.25) is 0 Å². The summed E-state index contributed by atoms with van der Waals surface area (Å²) in [5.74, 6) is 0. The third-order valence-electron chi connectivity index (χ3n) is 2.39. The van der Waals surface area contributed by atoms with E-state index >= 15 is 0 Å². The van der Waals surface area contributed by atoms with Gasteiger partial charge in [-0.15, -0.1) is 0 Å². The van der Waals surface area contributed by atoms with Gasteiger partial charge in [-0.1, -0.05) is 13.0 Å². The summed E-state index contributed by atoms with van der Waals surface area (Å²) in [6.45, 7) is 5.01. The molecule has 2 N–H and O–H groups in total. The molecule has 1 unspecified atom stereocenters. The second kappa shape index (κ2) is 5.73. The minimum Gasteiger partial charge on any atom is -0.395 e. The number of rotatable bonds is 5. The van der Waals surface area contributed by atoms with Gasteiger partial charge in [0.1, 0.15) is 0 Å². The van der Waals surface area contributed by atoms with Gasteiger partial charge in [-0.2, -0.15) is 0 Å². The third-order valence-corrected chi connectivity index (χ3v) is 2.39. The third kappa shape index (κ3) is 3.09. The summed E-state index contributed by atoms with van der Waals surface area (Å²) < 4.78 is 0. The zero-order chi connectivity index (χ0) is 10.4. The van der Waals surface area contributed by atoms with Gasteiger partial charge >= 0.3 is 0 Å².